The van der Waals surface area contributed by atoms with Gasteiger partial charge in [-0.2, -0.15) is 4.37 Å². The Bertz CT molecular complexity index is 503. The number of piperazine rings is 1. The highest BCUT2D eigenvalue weighted by atomic mass is 32.1. The van der Waals surface area contributed by atoms with Gasteiger partial charge in [0.15, 0.2) is 0 Å². The summed E-state index contributed by atoms with van der Waals surface area (Å²) in [4.78, 5) is 8.44. The van der Waals surface area contributed by atoms with Crippen LogP contribution in [0.15, 0.2) is 0 Å². The quantitative estimate of drug-likeness (QED) is 0.862. The first kappa shape index (κ1) is 16.9. The van der Waals surface area contributed by atoms with Gasteiger partial charge < -0.3 is 14.7 Å². The first-order valence-corrected chi connectivity index (χ1v) is 8.72. The summed E-state index contributed by atoms with van der Waals surface area (Å²) >= 11 is 1.39. The Kier molecular flexibility index (Phi) is 5.40. The monoisotopic (exact) mass is 348 g/mol. The van der Waals surface area contributed by atoms with E-state index in [-0.39, 0.29) is 6.54 Å². The second-order valence-corrected chi connectivity index (χ2v) is 6.83. The molecule has 9 heteroatoms. The number of aromatic nitrogens is 2. The molecule has 0 saturated carbocycles. The average Bonchev–Trinajstić information content (AvgIpc) is 3.06. The van der Waals surface area contributed by atoms with Gasteiger partial charge in [0.1, 0.15) is 12.4 Å². The molecule has 2 saturated heterocycles. The minimum Gasteiger partial charge on any atom is -0.390 e. The van der Waals surface area contributed by atoms with Crippen molar-refractivity contribution in [2.45, 2.75) is 24.7 Å². The van der Waals surface area contributed by atoms with Crippen LogP contribution in [0.4, 0.5) is 13.9 Å². The van der Waals surface area contributed by atoms with Crippen LogP contribution in [0, 0.1) is 0 Å². The highest BCUT2D eigenvalue weighted by Gasteiger charge is 2.32. The van der Waals surface area contributed by atoms with Gasteiger partial charge in [-0.25, -0.2) is 13.8 Å². The summed E-state index contributed by atoms with van der Waals surface area (Å²) in [6, 6.07) is 0. The Hall–Kier alpha value is -0.900. The number of rotatable bonds is 5. The maximum atomic E-state index is 13.2. The van der Waals surface area contributed by atoms with E-state index in [1.807, 2.05) is 0 Å². The van der Waals surface area contributed by atoms with Crippen molar-refractivity contribution in [2.75, 3.05) is 57.4 Å². The van der Waals surface area contributed by atoms with E-state index in [9.17, 15) is 8.78 Å². The minimum absolute atomic E-state index is 0.373. The Morgan fingerprint density at radius 1 is 1.22 bits per heavy atom. The number of aliphatic hydroxyl groups is 1. The molecular formula is C14H22F2N4O2S. The number of aliphatic hydroxyl groups excluding tert-OH is 1. The predicted octanol–water partition coefficient (Wildman–Crippen LogP) is 1.18. The van der Waals surface area contributed by atoms with Gasteiger partial charge in [0.25, 0.3) is 5.92 Å². The number of hydrogen-bond donors (Lipinski definition) is 1. The molecule has 1 aromatic heterocycles. The number of ether oxygens (including phenoxy) is 1. The Balaban J connectivity index is 1.53. The van der Waals surface area contributed by atoms with E-state index < -0.39 is 12.5 Å². The van der Waals surface area contributed by atoms with E-state index in [1.54, 1.807) is 4.90 Å². The smallest absolute Gasteiger partial charge is 0.283 e. The van der Waals surface area contributed by atoms with Crippen molar-refractivity contribution in [3.63, 3.8) is 0 Å². The second-order valence-electron chi connectivity index (χ2n) is 6.10. The van der Waals surface area contributed by atoms with Gasteiger partial charge in [0.2, 0.25) is 5.13 Å². The van der Waals surface area contributed by atoms with Gasteiger partial charge in [-0.1, -0.05) is 0 Å². The maximum absolute atomic E-state index is 13.2. The molecule has 0 amide bonds. The van der Waals surface area contributed by atoms with E-state index >= 15 is 0 Å². The van der Waals surface area contributed by atoms with Crippen molar-refractivity contribution in [3.05, 3.63) is 5.82 Å². The van der Waals surface area contributed by atoms with E-state index in [0.717, 1.165) is 37.0 Å². The summed E-state index contributed by atoms with van der Waals surface area (Å²) in [5, 5.41) is 9.54. The van der Waals surface area contributed by atoms with Gasteiger partial charge in [-0.15, -0.1) is 0 Å². The van der Waals surface area contributed by atoms with Crippen LogP contribution >= 0.6 is 11.5 Å². The molecule has 0 spiro atoms. The number of hydrogen-bond acceptors (Lipinski definition) is 7. The summed E-state index contributed by atoms with van der Waals surface area (Å²) in [5.74, 6) is -1.76. The first-order valence-electron chi connectivity index (χ1n) is 7.95. The van der Waals surface area contributed by atoms with E-state index in [2.05, 4.69) is 14.3 Å². The lowest BCUT2D eigenvalue weighted by atomic mass is 10.00. The summed E-state index contributed by atoms with van der Waals surface area (Å²) < 4.78 is 36.3. The van der Waals surface area contributed by atoms with Gasteiger partial charge in [-0.3, -0.25) is 4.90 Å². The summed E-state index contributed by atoms with van der Waals surface area (Å²) in [6.45, 7) is 2.43. The maximum Gasteiger partial charge on any atom is 0.283 e. The fourth-order valence-electron chi connectivity index (χ4n) is 2.95. The van der Waals surface area contributed by atoms with Gasteiger partial charge in [-0.05, 0) is 12.8 Å². The van der Waals surface area contributed by atoms with Crippen LogP contribution < -0.4 is 4.90 Å². The molecule has 1 aromatic rings. The SMILES string of the molecule is OCC(F)(F)CN1CCN(c2nc(C3CCOCC3)ns2)CC1. The van der Waals surface area contributed by atoms with Crippen molar-refractivity contribution in [1.29, 1.82) is 0 Å². The fraction of sp³-hybridized carbons (Fsp3) is 0.857. The van der Waals surface area contributed by atoms with Crippen LogP contribution in [0.2, 0.25) is 0 Å². The molecule has 23 heavy (non-hydrogen) atoms. The van der Waals surface area contributed by atoms with Crippen molar-refractivity contribution in [3.8, 4) is 0 Å². The van der Waals surface area contributed by atoms with E-state index in [4.69, 9.17) is 9.84 Å². The molecule has 0 bridgehead atoms. The van der Waals surface area contributed by atoms with Crippen molar-refractivity contribution >= 4 is 16.7 Å². The Morgan fingerprint density at radius 2 is 1.91 bits per heavy atom. The molecule has 3 heterocycles. The average molecular weight is 348 g/mol. The highest BCUT2D eigenvalue weighted by molar-refractivity contribution is 7.09. The van der Waals surface area contributed by atoms with Gasteiger partial charge in [0.05, 0.1) is 6.54 Å². The molecule has 0 atom stereocenters. The van der Waals surface area contributed by atoms with E-state index in [1.165, 1.54) is 11.5 Å². The molecule has 3 rings (SSSR count). The normalized spacial score (nSPS) is 21.8. The van der Waals surface area contributed by atoms with Crippen LogP contribution in [0.25, 0.3) is 0 Å². The third-order valence-corrected chi connectivity index (χ3v) is 5.14. The van der Waals surface area contributed by atoms with Crippen molar-refractivity contribution in [2.24, 2.45) is 0 Å². The molecule has 2 aliphatic heterocycles. The Morgan fingerprint density at radius 3 is 2.57 bits per heavy atom. The molecule has 0 aromatic carbocycles. The number of anilines is 1. The Labute approximate surface area is 138 Å². The third kappa shape index (κ3) is 4.34. The summed E-state index contributed by atoms with van der Waals surface area (Å²) in [6.07, 6.45) is 1.92. The predicted molar refractivity (Wildman–Crippen MR) is 83.4 cm³/mol. The lowest BCUT2D eigenvalue weighted by Crippen LogP contribution is -2.50. The van der Waals surface area contributed by atoms with Gasteiger partial charge in [0, 0.05) is 56.8 Å². The minimum atomic E-state index is -3.03. The molecule has 0 radical (unpaired) electrons. The number of halogens is 2. The lowest BCUT2D eigenvalue weighted by Gasteiger charge is -2.35. The van der Waals surface area contributed by atoms with Crippen LogP contribution in [-0.2, 0) is 4.74 Å². The molecular weight excluding hydrogens is 326 g/mol. The lowest BCUT2D eigenvalue weighted by molar-refractivity contribution is -0.0733. The molecule has 2 aliphatic rings. The third-order valence-electron chi connectivity index (χ3n) is 4.35. The largest absolute Gasteiger partial charge is 0.390 e. The van der Waals surface area contributed by atoms with Crippen LogP contribution in [0.3, 0.4) is 0 Å². The zero-order valence-corrected chi connectivity index (χ0v) is 13.8. The van der Waals surface area contributed by atoms with Crippen LogP contribution in [-0.4, -0.2) is 77.8 Å². The first-order chi connectivity index (χ1) is 11.1. The van der Waals surface area contributed by atoms with Crippen molar-refractivity contribution < 1.29 is 18.6 Å². The number of nitrogens with zero attached hydrogens (tertiary/aromatic N) is 4. The summed E-state index contributed by atoms with van der Waals surface area (Å²) in [5.41, 5.74) is 0. The molecule has 2 fully saturated rings. The zero-order valence-electron chi connectivity index (χ0n) is 13.0. The van der Waals surface area contributed by atoms with Gasteiger partial charge >= 0.3 is 0 Å². The molecule has 1 N–H and O–H groups in total. The van der Waals surface area contributed by atoms with E-state index in [0.29, 0.717) is 32.1 Å². The topological polar surface area (TPSA) is 61.7 Å². The van der Waals surface area contributed by atoms with Crippen LogP contribution in [0.1, 0.15) is 24.6 Å². The van der Waals surface area contributed by atoms with Crippen LogP contribution in [0.5, 0.6) is 0 Å². The number of alkyl halides is 2. The molecule has 130 valence electrons. The standard InChI is InChI=1S/C14H22F2N4O2S/c15-14(16,10-21)9-19-3-5-20(6-4-19)13-17-12(18-23-13)11-1-7-22-8-2-11/h11,21H,1-10H2. The molecule has 0 aliphatic carbocycles. The highest BCUT2D eigenvalue weighted by Crippen LogP contribution is 2.29. The zero-order chi connectivity index (χ0) is 16.3. The second kappa shape index (κ2) is 7.33. The molecule has 6 nitrogen and oxygen atoms in total. The summed E-state index contributed by atoms with van der Waals surface area (Å²) in [7, 11) is 0. The molecule has 0 unspecified atom stereocenters. The van der Waals surface area contributed by atoms with Crippen molar-refractivity contribution in [1.82, 2.24) is 14.3 Å². The fourth-order valence-corrected chi connectivity index (χ4v) is 3.75.